The Kier molecular flexibility index (Phi) is 8.49. The highest BCUT2D eigenvalue weighted by molar-refractivity contribution is 5.91. The molecule has 2 N–H and O–H groups in total. The molecule has 3 aromatic carbocycles. The van der Waals surface area contributed by atoms with E-state index in [0.29, 0.717) is 25.1 Å². The summed E-state index contributed by atoms with van der Waals surface area (Å²) in [7, 11) is 0. The molecule has 0 aromatic heterocycles. The zero-order valence-corrected chi connectivity index (χ0v) is 22.9. The molecule has 2 fully saturated rings. The Balaban J connectivity index is 1.44. The van der Waals surface area contributed by atoms with E-state index in [1.54, 1.807) is 50.1 Å². The highest BCUT2D eigenvalue weighted by Gasteiger charge is 2.52. The number of piperazine rings is 1. The second-order valence-corrected chi connectivity index (χ2v) is 10.3. The number of hydrogen-bond donors (Lipinski definition) is 2. The highest BCUT2D eigenvalue weighted by Crippen LogP contribution is 2.31. The number of benzene rings is 3. The summed E-state index contributed by atoms with van der Waals surface area (Å²) in [6.45, 7) is 2.76. The van der Waals surface area contributed by atoms with Crippen molar-refractivity contribution in [1.82, 2.24) is 25.1 Å². The third-order valence-electron chi connectivity index (χ3n) is 7.52. The minimum atomic E-state index is -0.849. The fourth-order valence-corrected chi connectivity index (χ4v) is 5.50. The van der Waals surface area contributed by atoms with Crippen LogP contribution in [-0.4, -0.2) is 74.6 Å². The Bertz CT molecular complexity index is 1390. The fraction of sp³-hybridized carbons (Fsp3) is 0.323. The predicted octanol–water partition coefficient (Wildman–Crippen LogP) is 3.49. The predicted molar refractivity (Wildman–Crippen MR) is 150 cm³/mol. The second kappa shape index (κ2) is 12.4. The number of aromatic hydroxyl groups is 1. The van der Waals surface area contributed by atoms with Crippen LogP contribution in [0.3, 0.4) is 0 Å². The van der Waals surface area contributed by atoms with Crippen LogP contribution < -0.4 is 5.32 Å². The molecule has 0 radical (unpaired) electrons. The van der Waals surface area contributed by atoms with Gasteiger partial charge in [0.2, 0.25) is 11.8 Å². The van der Waals surface area contributed by atoms with E-state index in [-0.39, 0.29) is 49.7 Å². The summed E-state index contributed by atoms with van der Waals surface area (Å²) < 4.78 is 14.6. The molecule has 2 atom stereocenters. The molecule has 41 heavy (non-hydrogen) atoms. The minimum absolute atomic E-state index is 0.0396. The van der Waals surface area contributed by atoms with Gasteiger partial charge >= 0.3 is 6.03 Å². The molecule has 2 aliphatic rings. The Morgan fingerprint density at radius 1 is 1.00 bits per heavy atom. The van der Waals surface area contributed by atoms with Gasteiger partial charge in [0.25, 0.3) is 0 Å². The topological polar surface area (TPSA) is 96.4 Å². The normalized spacial score (nSPS) is 18.9. The van der Waals surface area contributed by atoms with Crippen molar-refractivity contribution < 1.29 is 23.9 Å². The van der Waals surface area contributed by atoms with E-state index in [4.69, 9.17) is 0 Å². The van der Waals surface area contributed by atoms with Crippen molar-refractivity contribution in [3.63, 3.8) is 0 Å². The highest BCUT2D eigenvalue weighted by atomic mass is 19.1. The summed E-state index contributed by atoms with van der Waals surface area (Å²) in [6, 6.07) is 21.2. The molecule has 2 saturated heterocycles. The standard InChI is InChI=1S/C31H34FN5O4/c1-2-16-35(31(41)33-18-23-8-4-3-5-9-23)36-21-29(39)37-27(17-22-12-14-25(38)15-13-22)30(40)34(20-28(36)37)19-24-10-6-7-11-26(24)32/h3-15,27-28,38H,2,16-21H2,1H3,(H,33,41)/t27-,28+/m0/s1. The van der Waals surface area contributed by atoms with Gasteiger partial charge in [0.15, 0.2) is 0 Å². The first kappa shape index (κ1) is 28.1. The number of urea groups is 1. The smallest absolute Gasteiger partial charge is 0.332 e. The molecule has 0 aliphatic carbocycles. The number of fused-ring (bicyclic) bond motifs is 1. The molecule has 0 bridgehead atoms. The number of nitrogens with one attached hydrogen (secondary N) is 1. The van der Waals surface area contributed by atoms with Crippen molar-refractivity contribution in [1.29, 1.82) is 0 Å². The van der Waals surface area contributed by atoms with Crippen molar-refractivity contribution in [2.45, 2.75) is 45.1 Å². The van der Waals surface area contributed by atoms with Crippen LogP contribution in [-0.2, 0) is 29.1 Å². The first-order valence-electron chi connectivity index (χ1n) is 13.8. The number of hydrogen-bond acceptors (Lipinski definition) is 5. The van der Waals surface area contributed by atoms with Crippen molar-refractivity contribution in [3.8, 4) is 5.75 Å². The average molecular weight is 560 g/mol. The summed E-state index contributed by atoms with van der Waals surface area (Å²) in [5.74, 6) is -0.856. The van der Waals surface area contributed by atoms with Crippen molar-refractivity contribution in [2.24, 2.45) is 0 Å². The molecule has 2 heterocycles. The van der Waals surface area contributed by atoms with Crippen LogP contribution in [0.1, 0.15) is 30.0 Å². The number of phenolic OH excluding ortho intramolecular Hbond substituents is 1. The maximum atomic E-state index is 14.6. The van der Waals surface area contributed by atoms with E-state index < -0.39 is 18.0 Å². The van der Waals surface area contributed by atoms with Gasteiger partial charge in [-0.1, -0.05) is 67.6 Å². The van der Waals surface area contributed by atoms with Crippen molar-refractivity contribution in [3.05, 3.63) is 101 Å². The number of halogens is 1. The van der Waals surface area contributed by atoms with Crippen LogP contribution in [0.5, 0.6) is 5.75 Å². The molecule has 3 aromatic rings. The number of nitrogens with zero attached hydrogens (tertiary/aromatic N) is 4. The van der Waals surface area contributed by atoms with Gasteiger partial charge in [-0.05, 0) is 35.7 Å². The van der Waals surface area contributed by atoms with E-state index in [0.717, 1.165) is 11.1 Å². The maximum absolute atomic E-state index is 14.6. The zero-order valence-electron chi connectivity index (χ0n) is 22.9. The van der Waals surface area contributed by atoms with Crippen LogP contribution in [0.2, 0.25) is 0 Å². The van der Waals surface area contributed by atoms with Gasteiger partial charge in [0.1, 0.15) is 23.8 Å². The van der Waals surface area contributed by atoms with Gasteiger partial charge in [-0.25, -0.2) is 9.18 Å². The Morgan fingerprint density at radius 2 is 1.71 bits per heavy atom. The number of carbonyl (C=O) groups is 3. The quantitative estimate of drug-likeness (QED) is 0.419. The number of hydrazine groups is 1. The van der Waals surface area contributed by atoms with E-state index in [9.17, 15) is 23.9 Å². The fourth-order valence-electron chi connectivity index (χ4n) is 5.50. The third-order valence-corrected chi connectivity index (χ3v) is 7.52. The molecule has 0 spiro atoms. The van der Waals surface area contributed by atoms with E-state index in [1.165, 1.54) is 18.2 Å². The molecule has 10 heteroatoms. The van der Waals surface area contributed by atoms with Crippen molar-refractivity contribution >= 4 is 17.8 Å². The minimum Gasteiger partial charge on any atom is -0.508 e. The zero-order chi connectivity index (χ0) is 28.9. The molecule has 9 nitrogen and oxygen atoms in total. The lowest BCUT2D eigenvalue weighted by molar-refractivity contribution is -0.157. The molecule has 0 unspecified atom stereocenters. The van der Waals surface area contributed by atoms with Gasteiger partial charge in [0, 0.05) is 31.6 Å². The first-order valence-corrected chi connectivity index (χ1v) is 13.8. The lowest BCUT2D eigenvalue weighted by Crippen LogP contribution is -2.66. The summed E-state index contributed by atoms with van der Waals surface area (Å²) in [6.07, 6.45) is 0.269. The van der Waals surface area contributed by atoms with E-state index in [1.807, 2.05) is 37.3 Å². The monoisotopic (exact) mass is 559 g/mol. The molecular weight excluding hydrogens is 525 g/mol. The van der Waals surface area contributed by atoms with Crippen LogP contribution in [0, 0.1) is 5.82 Å². The van der Waals surface area contributed by atoms with E-state index >= 15 is 0 Å². The largest absolute Gasteiger partial charge is 0.508 e. The average Bonchev–Trinajstić information content (AvgIpc) is 3.30. The Hall–Kier alpha value is -4.44. The van der Waals surface area contributed by atoms with Crippen LogP contribution in [0.15, 0.2) is 78.9 Å². The van der Waals surface area contributed by atoms with Crippen molar-refractivity contribution in [2.75, 3.05) is 19.6 Å². The van der Waals surface area contributed by atoms with Crippen LogP contribution in [0.4, 0.5) is 9.18 Å². The molecule has 0 saturated carbocycles. The number of phenols is 1. The third kappa shape index (κ3) is 6.17. The van der Waals surface area contributed by atoms with Gasteiger partial charge in [-0.15, -0.1) is 0 Å². The summed E-state index contributed by atoms with van der Waals surface area (Å²) in [5, 5.41) is 16.0. The van der Waals surface area contributed by atoms with Crippen LogP contribution >= 0.6 is 0 Å². The van der Waals surface area contributed by atoms with Gasteiger partial charge in [-0.2, -0.15) is 5.01 Å². The number of carbonyl (C=O) groups excluding carboxylic acids is 3. The first-order chi connectivity index (χ1) is 19.9. The number of rotatable bonds is 9. The molecule has 4 amide bonds. The van der Waals surface area contributed by atoms with Gasteiger partial charge < -0.3 is 20.2 Å². The summed E-state index contributed by atoms with van der Waals surface area (Å²) in [5.41, 5.74) is 2.09. The molecule has 2 aliphatic heterocycles. The lowest BCUT2D eigenvalue weighted by atomic mass is 10.00. The molecule has 214 valence electrons. The Morgan fingerprint density at radius 3 is 2.41 bits per heavy atom. The van der Waals surface area contributed by atoms with Gasteiger partial charge in [-0.3, -0.25) is 14.6 Å². The second-order valence-electron chi connectivity index (χ2n) is 10.3. The summed E-state index contributed by atoms with van der Waals surface area (Å²) in [4.78, 5) is 43.9. The number of amides is 4. The summed E-state index contributed by atoms with van der Waals surface area (Å²) >= 11 is 0. The molecule has 5 rings (SSSR count). The maximum Gasteiger partial charge on any atom is 0.332 e. The van der Waals surface area contributed by atoms with Crippen LogP contribution in [0.25, 0.3) is 0 Å². The lowest BCUT2D eigenvalue weighted by Gasteiger charge is -2.46. The SMILES string of the molecule is CCCN(C(=O)NCc1ccccc1)N1CC(=O)N2[C@@H](Cc3ccc(O)cc3)C(=O)N(Cc3ccccc3F)C[C@@H]21. The van der Waals surface area contributed by atoms with E-state index in [2.05, 4.69) is 5.32 Å². The molecular formula is C31H34FN5O4. The van der Waals surface area contributed by atoms with Gasteiger partial charge in [0.05, 0.1) is 13.1 Å². The Labute approximate surface area is 238 Å².